The number of aliphatic carboxylic acids is 1. The van der Waals surface area contributed by atoms with Crippen LogP contribution in [0.5, 0.6) is 0 Å². The Kier molecular flexibility index (Phi) is 12.8. The van der Waals surface area contributed by atoms with Crippen molar-refractivity contribution in [1.82, 2.24) is 16.0 Å². The first-order valence-corrected chi connectivity index (χ1v) is 11.3. The largest absolute Gasteiger partial charge is 0.480 e. The standard InChI is InChI=1S/C23H37N5O6/c1-14(2)19(22(32)26-17(23(33)34)10-6-7-11-24)28-21(31)18(13-29)27-20(30)16(25)12-15-8-4-3-5-9-15/h3-5,8-9,14,16-19,29H,6-7,10-13,24-25H2,1-2H3,(H,26,32)(H,27,30)(H,28,31)(H,33,34). The number of unbranched alkanes of at least 4 members (excludes halogenated alkanes) is 1. The highest BCUT2D eigenvalue weighted by atomic mass is 16.4. The molecule has 0 spiro atoms. The van der Waals surface area contributed by atoms with Crippen molar-refractivity contribution in [3.63, 3.8) is 0 Å². The molecule has 3 amide bonds. The summed E-state index contributed by atoms with van der Waals surface area (Å²) in [6.45, 7) is 3.06. The third-order valence-corrected chi connectivity index (χ3v) is 5.26. The first-order chi connectivity index (χ1) is 16.1. The number of carboxylic acids is 1. The number of amides is 3. The topological polar surface area (TPSA) is 197 Å². The molecule has 0 fully saturated rings. The molecule has 1 aromatic carbocycles. The van der Waals surface area contributed by atoms with Gasteiger partial charge in [-0.1, -0.05) is 44.2 Å². The van der Waals surface area contributed by atoms with Gasteiger partial charge < -0.3 is 37.6 Å². The first kappa shape index (κ1) is 29.0. The number of rotatable bonds is 15. The zero-order valence-electron chi connectivity index (χ0n) is 19.7. The van der Waals surface area contributed by atoms with Crippen molar-refractivity contribution in [2.45, 2.75) is 63.7 Å². The average Bonchev–Trinajstić information content (AvgIpc) is 2.80. The number of nitrogens with one attached hydrogen (secondary N) is 3. The fourth-order valence-corrected chi connectivity index (χ4v) is 3.23. The number of aliphatic hydroxyl groups excluding tert-OH is 1. The van der Waals surface area contributed by atoms with Crippen LogP contribution < -0.4 is 27.4 Å². The second kappa shape index (κ2) is 15.0. The van der Waals surface area contributed by atoms with Gasteiger partial charge in [-0.05, 0) is 43.7 Å². The zero-order valence-corrected chi connectivity index (χ0v) is 19.7. The second-order valence-corrected chi connectivity index (χ2v) is 8.45. The molecule has 34 heavy (non-hydrogen) atoms. The van der Waals surface area contributed by atoms with E-state index in [9.17, 15) is 29.4 Å². The van der Waals surface area contributed by atoms with E-state index in [1.54, 1.807) is 13.8 Å². The van der Waals surface area contributed by atoms with Crippen LogP contribution in [0.3, 0.4) is 0 Å². The summed E-state index contributed by atoms with van der Waals surface area (Å²) in [6.07, 6.45) is 1.58. The van der Waals surface area contributed by atoms with Crippen molar-refractivity contribution < 1.29 is 29.4 Å². The van der Waals surface area contributed by atoms with Crippen molar-refractivity contribution >= 4 is 23.7 Å². The van der Waals surface area contributed by atoms with Gasteiger partial charge in [0.2, 0.25) is 17.7 Å². The number of hydrogen-bond acceptors (Lipinski definition) is 7. The van der Waals surface area contributed by atoms with Crippen molar-refractivity contribution in [2.24, 2.45) is 17.4 Å². The van der Waals surface area contributed by atoms with E-state index in [1.165, 1.54) is 0 Å². The van der Waals surface area contributed by atoms with Crippen LogP contribution in [-0.2, 0) is 25.6 Å². The van der Waals surface area contributed by atoms with Gasteiger partial charge in [0.1, 0.15) is 18.1 Å². The highest BCUT2D eigenvalue weighted by molar-refractivity contribution is 5.94. The van der Waals surface area contributed by atoms with Crippen LogP contribution in [0.2, 0.25) is 0 Å². The molecule has 9 N–H and O–H groups in total. The molecule has 11 nitrogen and oxygen atoms in total. The Morgan fingerprint density at radius 3 is 2.06 bits per heavy atom. The van der Waals surface area contributed by atoms with Gasteiger partial charge in [-0.3, -0.25) is 14.4 Å². The summed E-state index contributed by atoms with van der Waals surface area (Å²) in [7, 11) is 0. The number of carbonyl (C=O) groups excluding carboxylic acids is 3. The molecule has 0 saturated heterocycles. The summed E-state index contributed by atoms with van der Waals surface area (Å²) < 4.78 is 0. The van der Waals surface area contributed by atoms with Gasteiger partial charge in [0.05, 0.1) is 12.6 Å². The zero-order chi connectivity index (χ0) is 25.7. The fourth-order valence-electron chi connectivity index (χ4n) is 3.23. The summed E-state index contributed by atoms with van der Waals surface area (Å²) in [4.78, 5) is 49.4. The third-order valence-electron chi connectivity index (χ3n) is 5.26. The molecule has 4 unspecified atom stereocenters. The van der Waals surface area contributed by atoms with E-state index in [2.05, 4.69) is 16.0 Å². The molecule has 190 valence electrons. The summed E-state index contributed by atoms with van der Waals surface area (Å²) in [5.74, 6) is -3.67. The van der Waals surface area contributed by atoms with Crippen molar-refractivity contribution in [3.05, 3.63) is 35.9 Å². The highest BCUT2D eigenvalue weighted by Gasteiger charge is 2.31. The van der Waals surface area contributed by atoms with Crippen LogP contribution in [0.25, 0.3) is 0 Å². The molecule has 0 heterocycles. The number of nitrogens with two attached hydrogens (primary N) is 2. The molecular formula is C23H37N5O6. The average molecular weight is 480 g/mol. The van der Waals surface area contributed by atoms with Crippen LogP contribution >= 0.6 is 0 Å². The summed E-state index contributed by atoms with van der Waals surface area (Å²) in [5, 5.41) is 26.4. The van der Waals surface area contributed by atoms with E-state index in [1.807, 2.05) is 30.3 Å². The third kappa shape index (κ3) is 9.86. The number of aliphatic hydroxyl groups is 1. The Hall–Kier alpha value is -3.02. The van der Waals surface area contributed by atoms with Crippen LogP contribution in [0, 0.1) is 5.92 Å². The predicted octanol–water partition coefficient (Wildman–Crippen LogP) is -1.13. The molecule has 1 aromatic rings. The van der Waals surface area contributed by atoms with Gasteiger partial charge in [-0.15, -0.1) is 0 Å². The van der Waals surface area contributed by atoms with Gasteiger partial charge in [-0.2, -0.15) is 0 Å². The Balaban J connectivity index is 2.76. The number of carbonyl (C=O) groups is 4. The quantitative estimate of drug-likeness (QED) is 0.153. The van der Waals surface area contributed by atoms with Crippen LogP contribution in [0.1, 0.15) is 38.7 Å². The van der Waals surface area contributed by atoms with Crippen molar-refractivity contribution in [3.8, 4) is 0 Å². The summed E-state index contributed by atoms with van der Waals surface area (Å²) >= 11 is 0. The lowest BCUT2D eigenvalue weighted by Crippen LogP contribution is -2.59. The molecule has 4 atom stereocenters. The van der Waals surface area contributed by atoms with Crippen LogP contribution in [-0.4, -0.2) is 71.2 Å². The minimum Gasteiger partial charge on any atom is -0.480 e. The molecular weight excluding hydrogens is 442 g/mol. The molecule has 11 heteroatoms. The van der Waals surface area contributed by atoms with Gasteiger partial charge >= 0.3 is 5.97 Å². The maximum absolute atomic E-state index is 12.7. The minimum absolute atomic E-state index is 0.200. The Labute approximate surface area is 199 Å². The molecule has 0 aliphatic heterocycles. The summed E-state index contributed by atoms with van der Waals surface area (Å²) in [6, 6.07) is 4.62. The van der Waals surface area contributed by atoms with E-state index in [0.717, 1.165) is 5.56 Å². The van der Waals surface area contributed by atoms with Crippen molar-refractivity contribution in [2.75, 3.05) is 13.2 Å². The Bertz CT molecular complexity index is 804. The predicted molar refractivity (Wildman–Crippen MR) is 126 cm³/mol. The SMILES string of the molecule is CC(C)C(NC(=O)C(CO)NC(=O)C(N)Cc1ccccc1)C(=O)NC(CCCCN)C(=O)O. The van der Waals surface area contributed by atoms with E-state index in [-0.39, 0.29) is 12.8 Å². The lowest BCUT2D eigenvalue weighted by molar-refractivity contribution is -0.143. The smallest absolute Gasteiger partial charge is 0.326 e. The second-order valence-electron chi connectivity index (χ2n) is 8.45. The molecule has 0 radical (unpaired) electrons. The maximum atomic E-state index is 12.7. The van der Waals surface area contributed by atoms with E-state index in [0.29, 0.717) is 19.4 Å². The van der Waals surface area contributed by atoms with E-state index in [4.69, 9.17) is 11.5 Å². The number of hydrogen-bond donors (Lipinski definition) is 7. The Morgan fingerprint density at radius 2 is 1.53 bits per heavy atom. The van der Waals surface area contributed by atoms with Gasteiger partial charge in [0.15, 0.2) is 0 Å². The molecule has 0 aliphatic rings. The van der Waals surface area contributed by atoms with E-state index >= 15 is 0 Å². The Morgan fingerprint density at radius 1 is 0.912 bits per heavy atom. The van der Waals surface area contributed by atoms with Gasteiger partial charge in [0.25, 0.3) is 0 Å². The fraction of sp³-hybridized carbons (Fsp3) is 0.565. The van der Waals surface area contributed by atoms with Gasteiger partial charge in [-0.25, -0.2) is 4.79 Å². The molecule has 0 aromatic heterocycles. The van der Waals surface area contributed by atoms with Gasteiger partial charge in [0, 0.05) is 0 Å². The molecule has 0 bridgehead atoms. The minimum atomic E-state index is -1.33. The lowest BCUT2D eigenvalue weighted by atomic mass is 10.0. The number of carboxylic acid groups (broad SMARTS) is 1. The van der Waals surface area contributed by atoms with Crippen LogP contribution in [0.4, 0.5) is 0 Å². The molecule has 1 rings (SSSR count). The van der Waals surface area contributed by atoms with E-state index < -0.39 is 60.4 Å². The monoisotopic (exact) mass is 479 g/mol. The molecule has 0 saturated carbocycles. The van der Waals surface area contributed by atoms with Crippen molar-refractivity contribution in [1.29, 1.82) is 0 Å². The highest BCUT2D eigenvalue weighted by Crippen LogP contribution is 2.07. The van der Waals surface area contributed by atoms with Crippen LogP contribution in [0.15, 0.2) is 30.3 Å². The number of benzene rings is 1. The molecule has 0 aliphatic carbocycles. The summed E-state index contributed by atoms with van der Waals surface area (Å²) in [5.41, 5.74) is 12.2. The lowest BCUT2D eigenvalue weighted by Gasteiger charge is -2.26. The first-order valence-electron chi connectivity index (χ1n) is 11.3. The normalized spacial score (nSPS) is 14.5. The maximum Gasteiger partial charge on any atom is 0.326 e.